The first kappa shape index (κ1) is 13.7. The van der Waals surface area contributed by atoms with Gasteiger partial charge in [0.25, 0.3) is 0 Å². The Labute approximate surface area is 121 Å². The molecule has 0 saturated carbocycles. The summed E-state index contributed by atoms with van der Waals surface area (Å²) in [4.78, 5) is 2.63. The van der Waals surface area contributed by atoms with E-state index < -0.39 is 0 Å². The van der Waals surface area contributed by atoms with Gasteiger partial charge in [-0.1, -0.05) is 19.9 Å². The van der Waals surface area contributed by atoms with Gasteiger partial charge in [-0.15, -0.1) is 0 Å². The van der Waals surface area contributed by atoms with Crippen LogP contribution in [0.1, 0.15) is 44.7 Å². The van der Waals surface area contributed by atoms with Crippen molar-refractivity contribution < 1.29 is 9.47 Å². The van der Waals surface area contributed by atoms with Crippen LogP contribution in [0.3, 0.4) is 0 Å². The fourth-order valence-electron chi connectivity index (χ4n) is 3.16. The van der Waals surface area contributed by atoms with Crippen LogP contribution >= 0.6 is 0 Å². The minimum atomic E-state index is 0.560. The maximum Gasteiger partial charge on any atom is 0.161 e. The van der Waals surface area contributed by atoms with Crippen molar-refractivity contribution in [3.05, 3.63) is 23.8 Å². The minimum Gasteiger partial charge on any atom is -0.486 e. The van der Waals surface area contributed by atoms with Crippen LogP contribution < -0.4 is 9.47 Å². The highest BCUT2D eigenvalue weighted by molar-refractivity contribution is 5.44. The molecule has 0 aromatic heterocycles. The summed E-state index contributed by atoms with van der Waals surface area (Å²) in [5.74, 6) is 2.59. The Bertz CT molecular complexity index is 458. The number of likely N-dealkylation sites (tertiary alicyclic amines) is 1. The van der Waals surface area contributed by atoms with Gasteiger partial charge in [0.2, 0.25) is 0 Å². The molecule has 2 heterocycles. The topological polar surface area (TPSA) is 21.7 Å². The summed E-state index contributed by atoms with van der Waals surface area (Å²) < 4.78 is 11.3. The van der Waals surface area contributed by atoms with Crippen LogP contribution in [-0.4, -0.2) is 31.2 Å². The summed E-state index contributed by atoms with van der Waals surface area (Å²) in [6.45, 7) is 8.36. The van der Waals surface area contributed by atoms with Crippen molar-refractivity contribution in [2.45, 2.75) is 39.2 Å². The second kappa shape index (κ2) is 6.04. The maximum atomic E-state index is 5.71. The SMILES string of the molecule is CC(C)CCN1CCCC1c1ccc2c(c1)OCCO2. The van der Waals surface area contributed by atoms with Crippen molar-refractivity contribution in [1.82, 2.24) is 4.90 Å². The van der Waals surface area contributed by atoms with Crippen molar-refractivity contribution in [3.63, 3.8) is 0 Å². The van der Waals surface area contributed by atoms with Crippen LogP contribution in [0.2, 0.25) is 0 Å². The predicted molar refractivity (Wildman–Crippen MR) is 80.4 cm³/mol. The third kappa shape index (κ3) is 2.93. The zero-order valence-corrected chi connectivity index (χ0v) is 12.6. The largest absolute Gasteiger partial charge is 0.486 e. The van der Waals surface area contributed by atoms with E-state index in [1.165, 1.54) is 37.9 Å². The number of fused-ring (bicyclic) bond motifs is 1. The highest BCUT2D eigenvalue weighted by atomic mass is 16.6. The van der Waals surface area contributed by atoms with Gasteiger partial charge in [-0.05, 0) is 56.0 Å². The molecule has 1 fully saturated rings. The van der Waals surface area contributed by atoms with Gasteiger partial charge in [0, 0.05) is 6.04 Å². The molecular formula is C17H25NO2. The second-order valence-electron chi connectivity index (χ2n) is 6.28. The molecule has 1 unspecified atom stereocenters. The van der Waals surface area contributed by atoms with Crippen LogP contribution in [0.4, 0.5) is 0 Å². The molecule has 1 aromatic rings. The zero-order valence-electron chi connectivity index (χ0n) is 12.6. The van der Waals surface area contributed by atoms with Crippen LogP contribution in [0, 0.1) is 5.92 Å². The zero-order chi connectivity index (χ0) is 13.9. The van der Waals surface area contributed by atoms with E-state index in [1.807, 2.05) is 0 Å². The first-order valence-electron chi connectivity index (χ1n) is 7.87. The lowest BCUT2D eigenvalue weighted by Gasteiger charge is -2.27. The molecule has 3 rings (SSSR count). The van der Waals surface area contributed by atoms with Gasteiger partial charge < -0.3 is 9.47 Å². The molecule has 0 aliphatic carbocycles. The highest BCUT2D eigenvalue weighted by Gasteiger charge is 2.27. The Hall–Kier alpha value is -1.22. The molecule has 1 atom stereocenters. The van der Waals surface area contributed by atoms with Crippen molar-refractivity contribution in [2.24, 2.45) is 5.92 Å². The Morgan fingerprint density at radius 1 is 1.20 bits per heavy atom. The molecule has 2 aliphatic rings. The Morgan fingerprint density at radius 2 is 2.00 bits per heavy atom. The van der Waals surface area contributed by atoms with Crippen LogP contribution in [0.15, 0.2) is 18.2 Å². The lowest BCUT2D eigenvalue weighted by atomic mass is 10.0. The van der Waals surface area contributed by atoms with E-state index in [1.54, 1.807) is 0 Å². The molecule has 0 amide bonds. The summed E-state index contributed by atoms with van der Waals surface area (Å²) in [6.07, 6.45) is 3.84. The lowest BCUT2D eigenvalue weighted by molar-refractivity contribution is 0.170. The smallest absolute Gasteiger partial charge is 0.161 e. The van der Waals surface area contributed by atoms with Gasteiger partial charge in [-0.2, -0.15) is 0 Å². The Kier molecular flexibility index (Phi) is 4.16. The van der Waals surface area contributed by atoms with Gasteiger partial charge in [-0.3, -0.25) is 4.90 Å². The molecular weight excluding hydrogens is 250 g/mol. The van der Waals surface area contributed by atoms with Gasteiger partial charge in [0.1, 0.15) is 13.2 Å². The summed E-state index contributed by atoms with van der Waals surface area (Å²) in [5, 5.41) is 0. The van der Waals surface area contributed by atoms with Gasteiger partial charge >= 0.3 is 0 Å². The third-order valence-electron chi connectivity index (χ3n) is 4.31. The van der Waals surface area contributed by atoms with Gasteiger partial charge in [0.05, 0.1) is 0 Å². The number of rotatable bonds is 4. The fraction of sp³-hybridized carbons (Fsp3) is 0.647. The fourth-order valence-corrected chi connectivity index (χ4v) is 3.16. The average Bonchev–Trinajstić information content (AvgIpc) is 2.93. The molecule has 3 heteroatoms. The normalized spacial score (nSPS) is 22.4. The van der Waals surface area contributed by atoms with E-state index in [4.69, 9.17) is 9.47 Å². The molecule has 2 aliphatic heterocycles. The lowest BCUT2D eigenvalue weighted by Crippen LogP contribution is -2.25. The van der Waals surface area contributed by atoms with Crippen molar-refractivity contribution in [2.75, 3.05) is 26.3 Å². The van der Waals surface area contributed by atoms with E-state index >= 15 is 0 Å². The maximum absolute atomic E-state index is 5.71. The van der Waals surface area contributed by atoms with Crippen LogP contribution in [0.5, 0.6) is 11.5 Å². The second-order valence-corrected chi connectivity index (χ2v) is 6.28. The molecule has 0 radical (unpaired) electrons. The minimum absolute atomic E-state index is 0.560. The monoisotopic (exact) mass is 275 g/mol. The molecule has 1 aromatic carbocycles. The van der Waals surface area contributed by atoms with Gasteiger partial charge in [-0.25, -0.2) is 0 Å². The predicted octanol–water partition coefficient (Wildman–Crippen LogP) is 3.64. The summed E-state index contributed by atoms with van der Waals surface area (Å²) >= 11 is 0. The first-order chi connectivity index (χ1) is 9.74. The molecule has 0 spiro atoms. The number of nitrogens with zero attached hydrogens (tertiary/aromatic N) is 1. The molecule has 3 nitrogen and oxygen atoms in total. The van der Waals surface area contributed by atoms with E-state index in [9.17, 15) is 0 Å². The number of hydrogen-bond donors (Lipinski definition) is 0. The average molecular weight is 275 g/mol. The number of hydrogen-bond acceptors (Lipinski definition) is 3. The molecule has 20 heavy (non-hydrogen) atoms. The van der Waals surface area contributed by atoms with Crippen molar-refractivity contribution in [3.8, 4) is 11.5 Å². The molecule has 0 N–H and O–H groups in total. The standard InChI is InChI=1S/C17H25NO2/c1-13(2)7-9-18-8-3-4-15(18)14-5-6-16-17(12-14)20-11-10-19-16/h5-6,12-13,15H,3-4,7-11H2,1-2H3. The number of benzene rings is 1. The van der Waals surface area contributed by atoms with Crippen LogP contribution in [-0.2, 0) is 0 Å². The number of ether oxygens (including phenoxy) is 2. The summed E-state index contributed by atoms with van der Waals surface area (Å²) in [7, 11) is 0. The quantitative estimate of drug-likeness (QED) is 0.837. The molecule has 110 valence electrons. The van der Waals surface area contributed by atoms with Crippen LogP contribution in [0.25, 0.3) is 0 Å². The van der Waals surface area contributed by atoms with Crippen molar-refractivity contribution >= 4 is 0 Å². The summed E-state index contributed by atoms with van der Waals surface area (Å²) in [5.41, 5.74) is 1.38. The summed E-state index contributed by atoms with van der Waals surface area (Å²) in [6, 6.07) is 7.03. The Balaban J connectivity index is 1.74. The van der Waals surface area contributed by atoms with E-state index in [0.29, 0.717) is 19.3 Å². The van der Waals surface area contributed by atoms with E-state index in [0.717, 1.165) is 17.4 Å². The first-order valence-corrected chi connectivity index (χ1v) is 7.87. The van der Waals surface area contributed by atoms with Crippen molar-refractivity contribution in [1.29, 1.82) is 0 Å². The molecule has 0 bridgehead atoms. The highest BCUT2D eigenvalue weighted by Crippen LogP contribution is 2.38. The van der Waals surface area contributed by atoms with Gasteiger partial charge in [0.15, 0.2) is 11.5 Å². The van der Waals surface area contributed by atoms with E-state index in [-0.39, 0.29) is 0 Å². The Morgan fingerprint density at radius 3 is 2.80 bits per heavy atom. The van der Waals surface area contributed by atoms with E-state index in [2.05, 4.69) is 36.9 Å². The molecule has 1 saturated heterocycles. The third-order valence-corrected chi connectivity index (χ3v) is 4.31.